The summed E-state index contributed by atoms with van der Waals surface area (Å²) in [6, 6.07) is 8.70. The molecule has 1 saturated heterocycles. The number of hydrogen-bond donors (Lipinski definition) is 0. The van der Waals surface area contributed by atoms with Crippen molar-refractivity contribution in [2.24, 2.45) is 7.05 Å². The molecule has 0 N–H and O–H groups in total. The number of pyridine rings is 1. The predicted molar refractivity (Wildman–Crippen MR) is 115 cm³/mol. The Bertz CT molecular complexity index is 945. The van der Waals surface area contributed by atoms with Crippen LogP contribution in [0.25, 0.3) is 0 Å². The van der Waals surface area contributed by atoms with Crippen molar-refractivity contribution in [2.75, 3.05) is 26.3 Å². The smallest absolute Gasteiger partial charge is 0.254 e. The van der Waals surface area contributed by atoms with E-state index in [2.05, 4.69) is 0 Å². The van der Waals surface area contributed by atoms with Gasteiger partial charge in [-0.05, 0) is 45.0 Å². The Balaban J connectivity index is 1.62. The number of amides is 1. The maximum atomic E-state index is 13.0. The molecule has 1 amide bonds. The molecular weight excluding hydrogens is 384 g/mol. The van der Waals surface area contributed by atoms with E-state index in [1.54, 1.807) is 29.8 Å². The first-order valence-corrected chi connectivity index (χ1v) is 10.5. The van der Waals surface area contributed by atoms with Gasteiger partial charge in [0.15, 0.2) is 11.5 Å². The second kappa shape index (κ2) is 9.69. The summed E-state index contributed by atoms with van der Waals surface area (Å²) < 4.78 is 18.8. The minimum absolute atomic E-state index is 0.0140. The molecule has 2 heterocycles. The van der Waals surface area contributed by atoms with E-state index in [0.29, 0.717) is 49.1 Å². The zero-order valence-electron chi connectivity index (χ0n) is 18.1. The molecule has 7 heteroatoms. The lowest BCUT2D eigenvalue weighted by molar-refractivity contribution is 0.0594. The summed E-state index contributed by atoms with van der Waals surface area (Å²) in [5, 5.41) is 0. The first kappa shape index (κ1) is 21.7. The molecule has 0 aliphatic carbocycles. The third-order valence-corrected chi connectivity index (χ3v) is 5.30. The number of carbonyl (C=O) groups is 1. The second-order valence-electron chi connectivity index (χ2n) is 7.37. The number of aryl methyl sites for hydroxylation is 1. The molecular formula is C23H30N2O5. The van der Waals surface area contributed by atoms with E-state index in [4.69, 9.17) is 14.2 Å². The molecule has 0 spiro atoms. The quantitative estimate of drug-likeness (QED) is 0.696. The van der Waals surface area contributed by atoms with Crippen molar-refractivity contribution in [1.82, 2.24) is 9.47 Å². The molecule has 0 saturated carbocycles. The highest BCUT2D eigenvalue weighted by Gasteiger charge is 2.25. The lowest BCUT2D eigenvalue weighted by atomic mass is 10.1. The van der Waals surface area contributed by atoms with Crippen LogP contribution in [0.3, 0.4) is 0 Å². The molecule has 7 nitrogen and oxygen atoms in total. The highest BCUT2D eigenvalue weighted by atomic mass is 16.5. The molecule has 0 unspecified atom stereocenters. The maximum absolute atomic E-state index is 13.0. The Labute approximate surface area is 177 Å². The van der Waals surface area contributed by atoms with Gasteiger partial charge in [0.05, 0.1) is 13.2 Å². The van der Waals surface area contributed by atoms with Crippen LogP contribution in [0.15, 0.2) is 35.1 Å². The fourth-order valence-electron chi connectivity index (χ4n) is 3.54. The fraction of sp³-hybridized carbons (Fsp3) is 0.478. The van der Waals surface area contributed by atoms with Gasteiger partial charge in [-0.25, -0.2) is 0 Å². The molecule has 0 atom stereocenters. The largest absolute Gasteiger partial charge is 0.490 e. The number of benzene rings is 1. The number of nitrogens with zero attached hydrogens (tertiary/aromatic N) is 2. The van der Waals surface area contributed by atoms with Crippen molar-refractivity contribution >= 4 is 5.91 Å². The van der Waals surface area contributed by atoms with Gasteiger partial charge >= 0.3 is 0 Å². The van der Waals surface area contributed by atoms with E-state index in [-0.39, 0.29) is 17.6 Å². The van der Waals surface area contributed by atoms with Crippen molar-refractivity contribution in [3.8, 4) is 17.2 Å². The maximum Gasteiger partial charge on any atom is 0.254 e. The number of likely N-dealkylation sites (tertiary alicyclic amines) is 1. The minimum Gasteiger partial charge on any atom is -0.490 e. The van der Waals surface area contributed by atoms with Crippen LogP contribution in [0.1, 0.15) is 42.7 Å². The third-order valence-electron chi connectivity index (χ3n) is 5.30. The number of rotatable bonds is 7. The highest BCUT2D eigenvalue weighted by Crippen LogP contribution is 2.29. The van der Waals surface area contributed by atoms with Crippen molar-refractivity contribution < 1.29 is 19.0 Å². The van der Waals surface area contributed by atoms with Crippen LogP contribution in [0, 0.1) is 6.92 Å². The van der Waals surface area contributed by atoms with Gasteiger partial charge in [-0.2, -0.15) is 0 Å². The first-order valence-electron chi connectivity index (χ1n) is 10.5. The summed E-state index contributed by atoms with van der Waals surface area (Å²) in [5.74, 6) is 1.80. The highest BCUT2D eigenvalue weighted by molar-refractivity contribution is 5.95. The van der Waals surface area contributed by atoms with Gasteiger partial charge < -0.3 is 23.7 Å². The van der Waals surface area contributed by atoms with Gasteiger partial charge in [0.1, 0.15) is 11.9 Å². The number of aromatic nitrogens is 1. The molecule has 3 rings (SSSR count). The van der Waals surface area contributed by atoms with E-state index >= 15 is 0 Å². The van der Waals surface area contributed by atoms with Gasteiger partial charge in [0.25, 0.3) is 11.5 Å². The number of hydrogen-bond acceptors (Lipinski definition) is 5. The third kappa shape index (κ3) is 4.96. The van der Waals surface area contributed by atoms with E-state index in [1.165, 1.54) is 6.07 Å². The van der Waals surface area contributed by atoms with Crippen LogP contribution in [0.2, 0.25) is 0 Å². The SMILES string of the molecule is CCOc1ccc(C(=O)N2CCC(Oc3cc(C)n(C)c(=O)c3)CC2)cc1OCC. The van der Waals surface area contributed by atoms with Gasteiger partial charge in [0.2, 0.25) is 0 Å². The Kier molecular flexibility index (Phi) is 7.03. The van der Waals surface area contributed by atoms with Crippen molar-refractivity contribution in [3.63, 3.8) is 0 Å². The zero-order chi connectivity index (χ0) is 21.7. The molecule has 1 aromatic heterocycles. The van der Waals surface area contributed by atoms with Crippen molar-refractivity contribution in [1.29, 1.82) is 0 Å². The molecule has 0 radical (unpaired) electrons. The average molecular weight is 415 g/mol. The summed E-state index contributed by atoms with van der Waals surface area (Å²) in [7, 11) is 1.74. The number of ether oxygens (including phenoxy) is 3. The minimum atomic E-state index is -0.0850. The summed E-state index contributed by atoms with van der Waals surface area (Å²) in [5.41, 5.74) is 1.35. The summed E-state index contributed by atoms with van der Waals surface area (Å²) in [6.45, 7) is 7.93. The molecule has 162 valence electrons. The molecule has 2 aromatic rings. The van der Waals surface area contributed by atoms with Crippen LogP contribution in [-0.2, 0) is 7.05 Å². The van der Waals surface area contributed by atoms with Crippen LogP contribution >= 0.6 is 0 Å². The summed E-state index contributed by atoms with van der Waals surface area (Å²) in [4.78, 5) is 26.7. The van der Waals surface area contributed by atoms with Gasteiger partial charge in [-0.3, -0.25) is 9.59 Å². The Morgan fingerprint density at radius 3 is 2.33 bits per heavy atom. The van der Waals surface area contributed by atoms with Crippen molar-refractivity contribution in [2.45, 2.75) is 39.7 Å². The van der Waals surface area contributed by atoms with Crippen LogP contribution in [-0.4, -0.2) is 47.8 Å². The second-order valence-corrected chi connectivity index (χ2v) is 7.37. The van der Waals surface area contributed by atoms with Gasteiger partial charge in [-0.1, -0.05) is 0 Å². The molecule has 0 bridgehead atoms. The standard InChI is InChI=1S/C23H30N2O5/c1-5-28-20-8-7-17(14-21(20)29-6-2)23(27)25-11-9-18(10-12-25)30-19-13-16(3)24(4)22(26)15-19/h7-8,13-15,18H,5-6,9-12H2,1-4H3. The van der Waals surface area contributed by atoms with Gasteiger partial charge in [0, 0.05) is 50.3 Å². The lowest BCUT2D eigenvalue weighted by Gasteiger charge is -2.32. The molecule has 30 heavy (non-hydrogen) atoms. The molecule has 1 aliphatic heterocycles. The number of piperidine rings is 1. The number of carbonyl (C=O) groups excluding carboxylic acids is 1. The zero-order valence-corrected chi connectivity index (χ0v) is 18.1. The molecule has 1 fully saturated rings. The van der Waals surface area contributed by atoms with E-state index in [9.17, 15) is 9.59 Å². The van der Waals surface area contributed by atoms with Crippen LogP contribution in [0.4, 0.5) is 0 Å². The van der Waals surface area contributed by atoms with Crippen molar-refractivity contribution in [3.05, 3.63) is 51.9 Å². The predicted octanol–water partition coefficient (Wildman–Crippen LogP) is 3.17. The van der Waals surface area contributed by atoms with E-state index in [0.717, 1.165) is 18.5 Å². The normalized spacial score (nSPS) is 14.5. The molecule has 1 aliphatic rings. The van der Waals surface area contributed by atoms with Gasteiger partial charge in [-0.15, -0.1) is 0 Å². The van der Waals surface area contributed by atoms with Crippen LogP contribution < -0.4 is 19.8 Å². The Morgan fingerprint density at radius 1 is 1.03 bits per heavy atom. The topological polar surface area (TPSA) is 70.0 Å². The van der Waals surface area contributed by atoms with E-state index in [1.807, 2.05) is 31.7 Å². The molecule has 1 aromatic carbocycles. The Hall–Kier alpha value is -2.96. The van der Waals surface area contributed by atoms with Crippen LogP contribution in [0.5, 0.6) is 17.2 Å². The first-order chi connectivity index (χ1) is 14.4. The summed E-state index contributed by atoms with van der Waals surface area (Å²) >= 11 is 0. The fourth-order valence-corrected chi connectivity index (χ4v) is 3.54. The summed E-state index contributed by atoms with van der Waals surface area (Å²) in [6.07, 6.45) is 1.42. The Morgan fingerprint density at radius 2 is 1.70 bits per heavy atom. The monoisotopic (exact) mass is 414 g/mol. The average Bonchev–Trinajstić information content (AvgIpc) is 2.73. The van der Waals surface area contributed by atoms with E-state index < -0.39 is 0 Å². The lowest BCUT2D eigenvalue weighted by Crippen LogP contribution is -2.41.